The molecule has 0 N–H and O–H groups in total. The summed E-state index contributed by atoms with van der Waals surface area (Å²) in [6, 6.07) is 11.1. The molecule has 0 fully saturated rings. The molecule has 0 aliphatic rings. The average molecular weight is 296 g/mol. The highest BCUT2D eigenvalue weighted by molar-refractivity contribution is 9.09. The normalized spacial score (nSPS) is 10.6. The van der Waals surface area contributed by atoms with Crippen LogP contribution in [-0.2, 0) is 0 Å². The lowest BCUT2D eigenvalue weighted by molar-refractivity contribution is 0.110. The van der Waals surface area contributed by atoms with Gasteiger partial charge in [0.05, 0.1) is 5.52 Å². The first-order chi connectivity index (χ1) is 8.33. The van der Waals surface area contributed by atoms with Crippen molar-refractivity contribution in [3.8, 4) is 0 Å². The van der Waals surface area contributed by atoms with Gasteiger partial charge in [-0.3, -0.25) is 4.79 Å². The van der Waals surface area contributed by atoms with Crippen LogP contribution < -0.4 is 10.4 Å². The zero-order valence-electron chi connectivity index (χ0n) is 9.43. The summed E-state index contributed by atoms with van der Waals surface area (Å²) in [7, 11) is 0. The lowest BCUT2D eigenvalue weighted by Gasteiger charge is -2.10. The van der Waals surface area contributed by atoms with E-state index in [4.69, 9.17) is 4.84 Å². The third-order valence-electron chi connectivity index (χ3n) is 2.51. The number of hydrogen-bond acceptors (Lipinski definition) is 2. The predicted molar refractivity (Wildman–Crippen MR) is 72.7 cm³/mol. The van der Waals surface area contributed by atoms with Gasteiger partial charge in [0.15, 0.2) is 0 Å². The van der Waals surface area contributed by atoms with Crippen LogP contribution >= 0.6 is 15.9 Å². The van der Waals surface area contributed by atoms with E-state index in [1.54, 1.807) is 0 Å². The summed E-state index contributed by atoms with van der Waals surface area (Å²) in [5, 5.41) is 1.97. The van der Waals surface area contributed by atoms with Gasteiger partial charge in [-0.1, -0.05) is 34.1 Å². The Balaban J connectivity index is 2.25. The minimum atomic E-state index is -0.123. The van der Waals surface area contributed by atoms with Gasteiger partial charge in [-0.2, -0.15) is 0 Å². The molecule has 90 valence electrons. The lowest BCUT2D eigenvalue weighted by atomic mass is 10.2. The summed E-state index contributed by atoms with van der Waals surface area (Å²) in [6.07, 6.45) is 1.97. The van der Waals surface area contributed by atoms with Gasteiger partial charge in [0.2, 0.25) is 0 Å². The molecular weight excluding hydrogens is 282 g/mol. The van der Waals surface area contributed by atoms with Gasteiger partial charge in [0, 0.05) is 16.8 Å². The van der Waals surface area contributed by atoms with Gasteiger partial charge in [-0.25, -0.2) is 0 Å². The van der Waals surface area contributed by atoms with Crippen molar-refractivity contribution in [2.75, 3.05) is 11.9 Å². The molecule has 0 spiro atoms. The Kier molecular flexibility index (Phi) is 4.20. The van der Waals surface area contributed by atoms with Crippen LogP contribution in [0.4, 0.5) is 0 Å². The Hall–Kier alpha value is -1.29. The lowest BCUT2D eigenvalue weighted by Crippen LogP contribution is -2.27. The van der Waals surface area contributed by atoms with Crippen molar-refractivity contribution in [3.05, 3.63) is 46.8 Å². The summed E-state index contributed by atoms with van der Waals surface area (Å²) in [5.74, 6) is 0. The Bertz CT molecular complexity index is 550. The number of fused-ring (bicyclic) bond motifs is 1. The van der Waals surface area contributed by atoms with Crippen LogP contribution in [0.25, 0.3) is 10.9 Å². The van der Waals surface area contributed by atoms with Gasteiger partial charge in [0.25, 0.3) is 5.56 Å². The van der Waals surface area contributed by atoms with Crippen molar-refractivity contribution in [3.63, 3.8) is 0 Å². The predicted octanol–water partition coefficient (Wildman–Crippen LogP) is 2.61. The molecule has 0 unspecified atom stereocenters. The van der Waals surface area contributed by atoms with E-state index in [0.717, 1.165) is 29.1 Å². The first-order valence-electron chi connectivity index (χ1n) is 5.63. The molecule has 1 aromatic heterocycles. The van der Waals surface area contributed by atoms with E-state index in [1.807, 2.05) is 30.3 Å². The van der Waals surface area contributed by atoms with Crippen LogP contribution in [0.1, 0.15) is 12.8 Å². The second-order valence-corrected chi connectivity index (χ2v) is 4.55. The number of aromatic nitrogens is 1. The highest BCUT2D eigenvalue weighted by Crippen LogP contribution is 2.09. The first kappa shape index (κ1) is 12.2. The molecular formula is C13H14BrNO2. The second kappa shape index (κ2) is 5.87. The standard InChI is InChI=1S/C13H14BrNO2/c14-9-3-4-10-17-15-12-6-2-1-5-11(12)7-8-13(15)16/h1-2,5-8H,3-4,9-10H2. The topological polar surface area (TPSA) is 31.2 Å². The molecule has 0 saturated carbocycles. The smallest absolute Gasteiger partial charge is 0.283 e. The van der Waals surface area contributed by atoms with Crippen molar-refractivity contribution < 1.29 is 4.84 Å². The van der Waals surface area contributed by atoms with Crippen LogP contribution in [0, 0.1) is 0 Å². The zero-order chi connectivity index (χ0) is 12.1. The highest BCUT2D eigenvalue weighted by Gasteiger charge is 2.02. The minimum Gasteiger partial charge on any atom is -0.410 e. The van der Waals surface area contributed by atoms with Gasteiger partial charge in [-0.05, 0) is 25.0 Å². The van der Waals surface area contributed by atoms with E-state index in [-0.39, 0.29) is 5.56 Å². The number of hydrogen-bond donors (Lipinski definition) is 0. The fourth-order valence-electron chi connectivity index (χ4n) is 1.65. The number of nitrogens with zero attached hydrogens (tertiary/aromatic N) is 1. The van der Waals surface area contributed by atoms with Gasteiger partial charge in [0.1, 0.15) is 6.61 Å². The third kappa shape index (κ3) is 2.88. The number of unbranched alkanes of at least 4 members (excludes halogenated alkanes) is 1. The summed E-state index contributed by atoms with van der Waals surface area (Å²) < 4.78 is 1.38. The number of benzene rings is 1. The molecule has 2 aromatic rings. The molecule has 2 rings (SSSR count). The fraction of sp³-hybridized carbons (Fsp3) is 0.308. The first-order valence-corrected chi connectivity index (χ1v) is 6.75. The Morgan fingerprint density at radius 1 is 1.12 bits per heavy atom. The van der Waals surface area contributed by atoms with E-state index in [0.29, 0.717) is 6.61 Å². The van der Waals surface area contributed by atoms with E-state index >= 15 is 0 Å². The molecule has 3 nitrogen and oxygen atoms in total. The molecule has 0 bridgehead atoms. The van der Waals surface area contributed by atoms with Gasteiger partial charge >= 0.3 is 0 Å². The van der Waals surface area contributed by atoms with E-state index < -0.39 is 0 Å². The van der Waals surface area contributed by atoms with Gasteiger partial charge in [-0.15, -0.1) is 4.73 Å². The van der Waals surface area contributed by atoms with Crippen LogP contribution in [0.5, 0.6) is 0 Å². The summed E-state index contributed by atoms with van der Waals surface area (Å²) >= 11 is 3.37. The molecule has 0 amide bonds. The molecule has 17 heavy (non-hydrogen) atoms. The number of halogens is 1. The van der Waals surface area contributed by atoms with Crippen LogP contribution in [0.3, 0.4) is 0 Å². The third-order valence-corrected chi connectivity index (χ3v) is 3.07. The van der Waals surface area contributed by atoms with E-state index in [2.05, 4.69) is 15.9 Å². The van der Waals surface area contributed by atoms with Crippen molar-refractivity contribution in [2.45, 2.75) is 12.8 Å². The Morgan fingerprint density at radius 3 is 2.76 bits per heavy atom. The quantitative estimate of drug-likeness (QED) is 0.627. The SMILES string of the molecule is O=c1ccc2ccccc2n1OCCCCBr. The number of alkyl halides is 1. The largest absolute Gasteiger partial charge is 0.410 e. The second-order valence-electron chi connectivity index (χ2n) is 3.75. The summed E-state index contributed by atoms with van der Waals surface area (Å²) in [4.78, 5) is 17.3. The highest BCUT2D eigenvalue weighted by atomic mass is 79.9. The number of pyridine rings is 1. The van der Waals surface area contributed by atoms with Crippen molar-refractivity contribution >= 4 is 26.8 Å². The Morgan fingerprint density at radius 2 is 1.94 bits per heavy atom. The van der Waals surface area contributed by atoms with Crippen molar-refractivity contribution in [1.82, 2.24) is 4.73 Å². The van der Waals surface area contributed by atoms with Gasteiger partial charge < -0.3 is 4.84 Å². The van der Waals surface area contributed by atoms with Crippen LogP contribution in [0.15, 0.2) is 41.2 Å². The number of rotatable bonds is 5. The Labute approximate surface area is 108 Å². The molecule has 1 heterocycles. The summed E-state index contributed by atoms with van der Waals surface area (Å²) in [5.41, 5.74) is 0.696. The monoisotopic (exact) mass is 295 g/mol. The average Bonchev–Trinajstić information content (AvgIpc) is 2.37. The van der Waals surface area contributed by atoms with Crippen molar-refractivity contribution in [1.29, 1.82) is 0 Å². The molecule has 0 aliphatic heterocycles. The molecule has 0 saturated heterocycles. The van der Waals surface area contributed by atoms with Crippen LogP contribution in [0.2, 0.25) is 0 Å². The fourth-order valence-corrected chi connectivity index (χ4v) is 2.04. The summed E-state index contributed by atoms with van der Waals surface area (Å²) in [6.45, 7) is 0.555. The minimum absolute atomic E-state index is 0.123. The molecule has 0 radical (unpaired) electrons. The maximum atomic E-state index is 11.7. The van der Waals surface area contributed by atoms with Crippen LogP contribution in [-0.4, -0.2) is 16.7 Å². The molecule has 1 aromatic carbocycles. The molecule has 0 atom stereocenters. The molecule has 0 aliphatic carbocycles. The number of para-hydroxylation sites is 1. The van der Waals surface area contributed by atoms with Crippen molar-refractivity contribution in [2.24, 2.45) is 0 Å². The zero-order valence-corrected chi connectivity index (χ0v) is 11.0. The molecule has 4 heteroatoms. The van der Waals surface area contributed by atoms with E-state index in [9.17, 15) is 4.79 Å². The maximum absolute atomic E-state index is 11.7. The maximum Gasteiger partial charge on any atom is 0.283 e. The van der Waals surface area contributed by atoms with E-state index in [1.165, 1.54) is 10.8 Å².